The highest BCUT2D eigenvalue weighted by Crippen LogP contribution is 2.24. The van der Waals surface area contributed by atoms with E-state index in [1.54, 1.807) is 18.2 Å². The molecule has 0 atom stereocenters. The number of phenolic OH excluding ortho intramolecular Hbond substituents is 1. The van der Waals surface area contributed by atoms with Gasteiger partial charge in [0, 0.05) is 16.5 Å². The molecule has 0 heterocycles. The Morgan fingerprint density at radius 3 is 2.19 bits per heavy atom. The van der Waals surface area contributed by atoms with Gasteiger partial charge in [0.15, 0.2) is 0 Å². The Bertz CT molecular complexity index is 492. The molecule has 2 aromatic carbocycles. The van der Waals surface area contributed by atoms with Gasteiger partial charge in [0.25, 0.3) is 0 Å². The Balaban J connectivity index is 2.26. The molecule has 0 aliphatic carbocycles. The largest absolute Gasteiger partial charge is 0.508 e. The third-order valence-corrected chi connectivity index (χ3v) is 2.84. The fourth-order valence-electron chi connectivity index (χ4n) is 1.52. The van der Waals surface area contributed by atoms with Crippen LogP contribution >= 0.6 is 23.2 Å². The Kier molecular flexibility index (Phi) is 3.37. The lowest BCUT2D eigenvalue weighted by atomic mass is 10.0. The number of hydrogen-bond acceptors (Lipinski definition) is 1. The third kappa shape index (κ3) is 2.69. The first kappa shape index (κ1) is 11.3. The highest BCUT2D eigenvalue weighted by molar-refractivity contribution is 6.30. The molecule has 0 spiro atoms. The zero-order valence-corrected chi connectivity index (χ0v) is 9.96. The summed E-state index contributed by atoms with van der Waals surface area (Å²) in [4.78, 5) is 0. The molecule has 0 bridgehead atoms. The number of rotatable bonds is 2. The summed E-state index contributed by atoms with van der Waals surface area (Å²) in [7, 11) is 0. The predicted molar refractivity (Wildman–Crippen MR) is 67.4 cm³/mol. The minimum Gasteiger partial charge on any atom is -0.508 e. The third-order valence-electron chi connectivity index (χ3n) is 2.35. The molecule has 0 radical (unpaired) electrons. The second-order valence-corrected chi connectivity index (χ2v) is 4.45. The number of benzene rings is 2. The van der Waals surface area contributed by atoms with E-state index < -0.39 is 0 Å². The average molecular weight is 253 g/mol. The monoisotopic (exact) mass is 252 g/mol. The molecule has 0 unspecified atom stereocenters. The zero-order chi connectivity index (χ0) is 11.5. The van der Waals surface area contributed by atoms with Crippen LogP contribution in [0.5, 0.6) is 5.75 Å². The zero-order valence-electron chi connectivity index (χ0n) is 8.45. The SMILES string of the molecule is Oc1ccc(Cl)cc1Cc1ccc(Cl)cc1. The molecular formula is C13H10Cl2O. The van der Waals surface area contributed by atoms with Gasteiger partial charge in [-0.1, -0.05) is 35.3 Å². The van der Waals surface area contributed by atoms with Crippen molar-refractivity contribution in [1.82, 2.24) is 0 Å². The van der Waals surface area contributed by atoms with E-state index in [2.05, 4.69) is 0 Å². The molecule has 16 heavy (non-hydrogen) atoms. The highest BCUT2D eigenvalue weighted by atomic mass is 35.5. The first-order valence-electron chi connectivity index (χ1n) is 4.87. The van der Waals surface area contributed by atoms with E-state index >= 15 is 0 Å². The van der Waals surface area contributed by atoms with Crippen LogP contribution < -0.4 is 0 Å². The molecule has 2 rings (SSSR count). The fraction of sp³-hybridized carbons (Fsp3) is 0.0769. The minimum atomic E-state index is 0.263. The smallest absolute Gasteiger partial charge is 0.119 e. The molecule has 0 saturated carbocycles. The number of aromatic hydroxyl groups is 1. The molecule has 0 aromatic heterocycles. The molecule has 0 aliphatic heterocycles. The maximum Gasteiger partial charge on any atom is 0.119 e. The van der Waals surface area contributed by atoms with E-state index in [1.165, 1.54) is 0 Å². The van der Waals surface area contributed by atoms with Gasteiger partial charge in [0.2, 0.25) is 0 Å². The molecule has 3 heteroatoms. The van der Waals surface area contributed by atoms with Crippen molar-refractivity contribution in [3.63, 3.8) is 0 Å². The van der Waals surface area contributed by atoms with Crippen LogP contribution in [-0.4, -0.2) is 5.11 Å². The van der Waals surface area contributed by atoms with Gasteiger partial charge in [-0.25, -0.2) is 0 Å². The summed E-state index contributed by atoms with van der Waals surface area (Å²) in [6.07, 6.45) is 0.642. The van der Waals surface area contributed by atoms with Crippen molar-refractivity contribution >= 4 is 23.2 Å². The molecule has 1 N–H and O–H groups in total. The Morgan fingerprint density at radius 2 is 1.50 bits per heavy atom. The van der Waals surface area contributed by atoms with E-state index in [0.717, 1.165) is 11.1 Å². The van der Waals surface area contributed by atoms with Crippen molar-refractivity contribution in [3.05, 3.63) is 63.6 Å². The number of phenols is 1. The molecule has 0 amide bonds. The van der Waals surface area contributed by atoms with Crippen molar-refractivity contribution < 1.29 is 5.11 Å². The van der Waals surface area contributed by atoms with E-state index in [1.807, 2.05) is 24.3 Å². The summed E-state index contributed by atoms with van der Waals surface area (Å²) in [5.41, 5.74) is 1.90. The Hall–Kier alpha value is -1.18. The van der Waals surface area contributed by atoms with Crippen LogP contribution in [0, 0.1) is 0 Å². The molecule has 82 valence electrons. The first-order valence-corrected chi connectivity index (χ1v) is 5.62. The van der Waals surface area contributed by atoms with Gasteiger partial charge in [-0.15, -0.1) is 0 Å². The molecule has 2 aromatic rings. The summed E-state index contributed by atoms with van der Waals surface area (Å²) in [6, 6.07) is 12.6. The summed E-state index contributed by atoms with van der Waals surface area (Å²) in [6.45, 7) is 0. The van der Waals surface area contributed by atoms with Crippen LogP contribution in [0.1, 0.15) is 11.1 Å². The molecular weight excluding hydrogens is 243 g/mol. The van der Waals surface area contributed by atoms with E-state index in [0.29, 0.717) is 16.5 Å². The van der Waals surface area contributed by atoms with Crippen LogP contribution in [0.25, 0.3) is 0 Å². The number of hydrogen-bond donors (Lipinski definition) is 1. The van der Waals surface area contributed by atoms with Crippen LogP contribution in [0.4, 0.5) is 0 Å². The first-order chi connectivity index (χ1) is 7.65. The van der Waals surface area contributed by atoms with E-state index in [4.69, 9.17) is 23.2 Å². The van der Waals surface area contributed by atoms with Gasteiger partial charge < -0.3 is 5.11 Å². The molecule has 0 saturated heterocycles. The maximum absolute atomic E-state index is 9.67. The van der Waals surface area contributed by atoms with Gasteiger partial charge in [0.05, 0.1) is 0 Å². The predicted octanol–water partition coefficient (Wildman–Crippen LogP) is 4.29. The van der Waals surface area contributed by atoms with Crippen LogP contribution in [-0.2, 0) is 6.42 Å². The van der Waals surface area contributed by atoms with Crippen molar-refractivity contribution in [2.45, 2.75) is 6.42 Å². The summed E-state index contributed by atoms with van der Waals surface area (Å²) < 4.78 is 0. The molecule has 0 aliphatic rings. The maximum atomic E-state index is 9.67. The van der Waals surface area contributed by atoms with Crippen LogP contribution in [0.2, 0.25) is 10.0 Å². The van der Waals surface area contributed by atoms with Crippen molar-refractivity contribution in [1.29, 1.82) is 0 Å². The lowest BCUT2D eigenvalue weighted by Crippen LogP contribution is -1.88. The normalized spacial score (nSPS) is 10.4. The van der Waals surface area contributed by atoms with Crippen LogP contribution in [0.3, 0.4) is 0 Å². The molecule has 0 fully saturated rings. The molecule has 1 nitrogen and oxygen atoms in total. The standard InChI is InChI=1S/C13H10Cl2O/c14-11-3-1-9(2-4-11)7-10-8-12(15)5-6-13(10)16/h1-6,8,16H,7H2. The summed E-state index contributed by atoms with van der Waals surface area (Å²) in [5, 5.41) is 11.0. The lowest BCUT2D eigenvalue weighted by molar-refractivity contribution is 0.469. The van der Waals surface area contributed by atoms with Crippen LogP contribution in [0.15, 0.2) is 42.5 Å². The minimum absolute atomic E-state index is 0.263. The van der Waals surface area contributed by atoms with Crippen molar-refractivity contribution in [3.8, 4) is 5.75 Å². The van der Waals surface area contributed by atoms with E-state index in [-0.39, 0.29) is 5.75 Å². The second kappa shape index (κ2) is 4.77. The summed E-state index contributed by atoms with van der Waals surface area (Å²) >= 11 is 11.7. The quantitative estimate of drug-likeness (QED) is 0.846. The lowest BCUT2D eigenvalue weighted by Gasteiger charge is -2.05. The van der Waals surface area contributed by atoms with Crippen molar-refractivity contribution in [2.24, 2.45) is 0 Å². The van der Waals surface area contributed by atoms with Gasteiger partial charge in [-0.2, -0.15) is 0 Å². The Labute approximate surface area is 104 Å². The highest BCUT2D eigenvalue weighted by Gasteiger charge is 2.03. The second-order valence-electron chi connectivity index (χ2n) is 3.58. The van der Waals surface area contributed by atoms with Gasteiger partial charge in [-0.05, 0) is 41.5 Å². The van der Waals surface area contributed by atoms with Gasteiger partial charge in [-0.3, -0.25) is 0 Å². The average Bonchev–Trinajstić information content (AvgIpc) is 2.27. The van der Waals surface area contributed by atoms with E-state index in [9.17, 15) is 5.11 Å². The fourth-order valence-corrected chi connectivity index (χ4v) is 1.84. The van der Waals surface area contributed by atoms with Gasteiger partial charge >= 0.3 is 0 Å². The topological polar surface area (TPSA) is 20.2 Å². The Morgan fingerprint density at radius 1 is 0.875 bits per heavy atom. The van der Waals surface area contributed by atoms with Crippen molar-refractivity contribution in [2.75, 3.05) is 0 Å². The van der Waals surface area contributed by atoms with Gasteiger partial charge in [0.1, 0.15) is 5.75 Å². The summed E-state index contributed by atoms with van der Waals surface area (Å²) in [5.74, 6) is 0.263. The number of halogens is 2.